The molecule has 2 aromatic rings. The van der Waals surface area contributed by atoms with E-state index < -0.39 is 5.25 Å². The maximum Gasteiger partial charge on any atom is 0.238 e. The van der Waals surface area contributed by atoms with E-state index in [1.807, 2.05) is 49.4 Å². The standard InChI is InChI=1S/C20H22N2O3S/c1-13-8-9-16(25-3)14(10-13)12-22(2)19(23)11-18-20(24)21-15-6-4-5-7-17(15)26-18/h4-10,18H,11-12H2,1-3H3,(H,21,24). The quantitative estimate of drug-likeness (QED) is 0.876. The first-order valence-electron chi connectivity index (χ1n) is 8.42. The molecule has 3 rings (SSSR count). The average Bonchev–Trinajstić information content (AvgIpc) is 2.62. The number of aryl methyl sites for hydroxylation is 1. The molecular formula is C20H22N2O3S. The van der Waals surface area contributed by atoms with Gasteiger partial charge < -0.3 is 15.0 Å². The minimum Gasteiger partial charge on any atom is -0.496 e. The van der Waals surface area contributed by atoms with E-state index in [9.17, 15) is 9.59 Å². The van der Waals surface area contributed by atoms with Gasteiger partial charge in [-0.25, -0.2) is 0 Å². The molecule has 0 spiro atoms. The second-order valence-corrected chi connectivity index (χ2v) is 7.61. The zero-order valence-corrected chi connectivity index (χ0v) is 15.9. The molecule has 26 heavy (non-hydrogen) atoms. The number of carbonyl (C=O) groups is 2. The Bertz CT molecular complexity index is 838. The fourth-order valence-electron chi connectivity index (χ4n) is 2.92. The Labute approximate surface area is 157 Å². The predicted octanol–water partition coefficient (Wildman–Crippen LogP) is 3.47. The summed E-state index contributed by atoms with van der Waals surface area (Å²) < 4.78 is 5.38. The van der Waals surface area contributed by atoms with Crippen LogP contribution in [0.3, 0.4) is 0 Å². The van der Waals surface area contributed by atoms with Gasteiger partial charge in [-0.15, -0.1) is 11.8 Å². The lowest BCUT2D eigenvalue weighted by atomic mass is 10.1. The number of methoxy groups -OCH3 is 1. The molecule has 1 N–H and O–H groups in total. The molecular weight excluding hydrogens is 348 g/mol. The number of ether oxygens (including phenoxy) is 1. The Morgan fingerprint density at radius 2 is 2.04 bits per heavy atom. The summed E-state index contributed by atoms with van der Waals surface area (Å²) in [5.74, 6) is 0.568. The number of benzene rings is 2. The topological polar surface area (TPSA) is 58.6 Å². The lowest BCUT2D eigenvalue weighted by molar-refractivity contribution is -0.131. The lowest BCUT2D eigenvalue weighted by Gasteiger charge is -2.26. The van der Waals surface area contributed by atoms with Gasteiger partial charge in [-0.1, -0.05) is 29.8 Å². The molecule has 1 atom stereocenters. The Kier molecular flexibility index (Phi) is 5.52. The molecule has 2 aromatic carbocycles. The van der Waals surface area contributed by atoms with Gasteiger partial charge in [-0.3, -0.25) is 9.59 Å². The first-order valence-corrected chi connectivity index (χ1v) is 9.30. The van der Waals surface area contributed by atoms with Crippen molar-refractivity contribution in [2.45, 2.75) is 30.0 Å². The monoisotopic (exact) mass is 370 g/mol. The number of para-hydroxylation sites is 1. The smallest absolute Gasteiger partial charge is 0.238 e. The molecule has 1 heterocycles. The number of carbonyl (C=O) groups excluding carboxylic acids is 2. The Balaban J connectivity index is 1.67. The maximum atomic E-state index is 12.6. The third-order valence-electron chi connectivity index (χ3n) is 4.34. The van der Waals surface area contributed by atoms with E-state index in [1.54, 1.807) is 19.1 Å². The molecule has 2 amide bonds. The highest BCUT2D eigenvalue weighted by molar-refractivity contribution is 8.01. The van der Waals surface area contributed by atoms with Gasteiger partial charge in [0.05, 0.1) is 18.0 Å². The molecule has 0 radical (unpaired) electrons. The largest absolute Gasteiger partial charge is 0.496 e. The zero-order valence-electron chi connectivity index (χ0n) is 15.1. The van der Waals surface area contributed by atoms with Crippen LogP contribution in [0.25, 0.3) is 0 Å². The lowest BCUT2D eigenvalue weighted by Crippen LogP contribution is -2.35. The first-order chi connectivity index (χ1) is 12.5. The van der Waals surface area contributed by atoms with Gasteiger partial charge in [-0.2, -0.15) is 0 Å². The Morgan fingerprint density at radius 1 is 1.27 bits per heavy atom. The molecule has 1 aliphatic heterocycles. The third kappa shape index (κ3) is 4.02. The molecule has 1 aliphatic rings. The van der Waals surface area contributed by atoms with Gasteiger partial charge in [0.25, 0.3) is 0 Å². The second kappa shape index (κ2) is 7.83. The predicted molar refractivity (Wildman–Crippen MR) is 104 cm³/mol. The molecule has 0 fully saturated rings. The van der Waals surface area contributed by atoms with Crippen LogP contribution in [-0.2, 0) is 16.1 Å². The minimum absolute atomic E-state index is 0.0689. The SMILES string of the molecule is COc1ccc(C)cc1CN(C)C(=O)CC1Sc2ccccc2NC1=O. The Hall–Kier alpha value is -2.47. The fraction of sp³-hybridized carbons (Fsp3) is 0.300. The summed E-state index contributed by atoms with van der Waals surface area (Å²) >= 11 is 1.44. The van der Waals surface area contributed by atoms with Crippen molar-refractivity contribution >= 4 is 29.3 Å². The summed E-state index contributed by atoms with van der Waals surface area (Å²) in [5, 5.41) is 2.46. The number of hydrogen-bond acceptors (Lipinski definition) is 4. The van der Waals surface area contributed by atoms with Crippen molar-refractivity contribution in [1.29, 1.82) is 0 Å². The summed E-state index contributed by atoms with van der Waals surface area (Å²) in [7, 11) is 3.37. The van der Waals surface area contributed by atoms with Crippen molar-refractivity contribution in [1.82, 2.24) is 4.90 Å². The van der Waals surface area contributed by atoms with Crippen LogP contribution in [0.4, 0.5) is 5.69 Å². The van der Waals surface area contributed by atoms with E-state index in [2.05, 4.69) is 5.32 Å². The van der Waals surface area contributed by atoms with E-state index in [0.29, 0.717) is 6.54 Å². The highest BCUT2D eigenvalue weighted by Crippen LogP contribution is 2.36. The van der Waals surface area contributed by atoms with Crippen LogP contribution in [0.1, 0.15) is 17.5 Å². The number of anilines is 1. The number of hydrogen-bond donors (Lipinski definition) is 1. The van der Waals surface area contributed by atoms with E-state index in [-0.39, 0.29) is 18.2 Å². The molecule has 0 saturated heterocycles. The summed E-state index contributed by atoms with van der Waals surface area (Å²) in [6.07, 6.45) is 0.162. The molecule has 5 nitrogen and oxygen atoms in total. The number of rotatable bonds is 5. The van der Waals surface area contributed by atoms with Crippen LogP contribution in [0, 0.1) is 6.92 Å². The zero-order chi connectivity index (χ0) is 18.7. The molecule has 1 unspecified atom stereocenters. The molecule has 0 bridgehead atoms. The summed E-state index contributed by atoms with van der Waals surface area (Å²) in [6, 6.07) is 13.5. The van der Waals surface area contributed by atoms with Gasteiger partial charge in [0, 0.05) is 30.5 Å². The number of fused-ring (bicyclic) bond motifs is 1. The normalized spacial score (nSPS) is 15.8. The fourth-order valence-corrected chi connectivity index (χ4v) is 4.02. The van der Waals surface area contributed by atoms with Crippen LogP contribution in [0.5, 0.6) is 5.75 Å². The van der Waals surface area contributed by atoms with Gasteiger partial charge in [0.2, 0.25) is 11.8 Å². The van der Waals surface area contributed by atoms with Crippen LogP contribution >= 0.6 is 11.8 Å². The van der Waals surface area contributed by atoms with E-state index in [1.165, 1.54) is 11.8 Å². The molecule has 136 valence electrons. The van der Waals surface area contributed by atoms with Gasteiger partial charge in [0.15, 0.2) is 0 Å². The van der Waals surface area contributed by atoms with Crippen molar-refractivity contribution < 1.29 is 14.3 Å². The van der Waals surface area contributed by atoms with Crippen LogP contribution in [0.2, 0.25) is 0 Å². The number of nitrogens with zero attached hydrogens (tertiary/aromatic N) is 1. The van der Waals surface area contributed by atoms with Gasteiger partial charge >= 0.3 is 0 Å². The minimum atomic E-state index is -0.417. The Morgan fingerprint density at radius 3 is 2.81 bits per heavy atom. The van der Waals surface area contributed by atoms with Crippen molar-refractivity contribution in [3.05, 3.63) is 53.6 Å². The van der Waals surface area contributed by atoms with Crippen molar-refractivity contribution in [2.24, 2.45) is 0 Å². The molecule has 0 saturated carbocycles. The highest BCUT2D eigenvalue weighted by atomic mass is 32.2. The second-order valence-electron chi connectivity index (χ2n) is 6.36. The summed E-state index contributed by atoms with van der Waals surface area (Å²) in [6.45, 7) is 2.45. The molecule has 0 aliphatic carbocycles. The van der Waals surface area contributed by atoms with Crippen molar-refractivity contribution in [3.8, 4) is 5.75 Å². The third-order valence-corrected chi connectivity index (χ3v) is 5.61. The van der Waals surface area contributed by atoms with Crippen molar-refractivity contribution in [3.63, 3.8) is 0 Å². The number of amides is 2. The highest BCUT2D eigenvalue weighted by Gasteiger charge is 2.29. The van der Waals surface area contributed by atoms with Gasteiger partial charge in [-0.05, 0) is 25.1 Å². The molecule has 6 heteroatoms. The van der Waals surface area contributed by atoms with Crippen molar-refractivity contribution in [2.75, 3.05) is 19.5 Å². The van der Waals surface area contributed by atoms with Crippen LogP contribution < -0.4 is 10.1 Å². The van der Waals surface area contributed by atoms with E-state index in [0.717, 1.165) is 27.5 Å². The number of nitrogens with one attached hydrogen (secondary N) is 1. The average molecular weight is 370 g/mol. The molecule has 0 aromatic heterocycles. The van der Waals surface area contributed by atoms with E-state index >= 15 is 0 Å². The van der Waals surface area contributed by atoms with Crippen LogP contribution in [-0.4, -0.2) is 36.1 Å². The maximum absolute atomic E-state index is 12.6. The van der Waals surface area contributed by atoms with E-state index in [4.69, 9.17) is 4.74 Å². The number of thioether (sulfide) groups is 1. The summed E-state index contributed by atoms with van der Waals surface area (Å²) in [4.78, 5) is 27.6. The first kappa shape index (κ1) is 18.3. The van der Waals surface area contributed by atoms with Gasteiger partial charge in [0.1, 0.15) is 5.75 Å². The summed E-state index contributed by atoms with van der Waals surface area (Å²) in [5.41, 5.74) is 2.87. The van der Waals surface area contributed by atoms with Crippen LogP contribution in [0.15, 0.2) is 47.4 Å².